The molecule has 1 fully saturated rings. The van der Waals surface area contributed by atoms with E-state index in [0.29, 0.717) is 13.0 Å². The van der Waals surface area contributed by atoms with Gasteiger partial charge in [0.2, 0.25) is 5.91 Å². The topological polar surface area (TPSA) is 59.4 Å². The molecular formula is C20H27FN4O2. The number of hydrogen-bond acceptors (Lipinski definition) is 4. The number of para-hydroxylation sites is 1. The van der Waals surface area contributed by atoms with Crippen molar-refractivity contribution in [2.75, 3.05) is 38.2 Å². The number of likely N-dealkylation sites (tertiary alicyclic amines) is 1. The van der Waals surface area contributed by atoms with Gasteiger partial charge in [-0.2, -0.15) is 5.10 Å². The molecule has 146 valence electrons. The highest BCUT2D eigenvalue weighted by atomic mass is 19.1. The minimum Gasteiger partial charge on any atom is -0.493 e. The Bertz CT molecular complexity index is 699. The normalized spacial score (nSPS) is 15.6. The molecule has 1 saturated heterocycles. The van der Waals surface area contributed by atoms with E-state index in [2.05, 4.69) is 15.3 Å². The van der Waals surface area contributed by atoms with E-state index in [1.54, 1.807) is 6.20 Å². The summed E-state index contributed by atoms with van der Waals surface area (Å²) in [6, 6.07) is 11.5. The summed E-state index contributed by atoms with van der Waals surface area (Å²) in [6.45, 7) is 2.75. The molecule has 0 atom stereocenters. The maximum Gasteiger partial charge on any atom is 0.228 e. The van der Waals surface area contributed by atoms with Crippen LogP contribution in [0.5, 0.6) is 5.75 Å². The number of rotatable bonds is 9. The molecule has 6 nitrogen and oxygen atoms in total. The fourth-order valence-electron chi connectivity index (χ4n) is 3.36. The smallest absolute Gasteiger partial charge is 0.228 e. The Morgan fingerprint density at radius 2 is 2.00 bits per heavy atom. The van der Waals surface area contributed by atoms with E-state index >= 15 is 0 Å². The summed E-state index contributed by atoms with van der Waals surface area (Å²) in [7, 11) is 0. The van der Waals surface area contributed by atoms with Crippen LogP contribution in [-0.2, 0) is 4.79 Å². The summed E-state index contributed by atoms with van der Waals surface area (Å²) in [5, 5.41) is 7.34. The lowest BCUT2D eigenvalue weighted by atomic mass is 10.1. The number of hydrogen-bond donors (Lipinski definition) is 1. The Kier molecular flexibility index (Phi) is 7.21. The number of alkyl halides is 1. The van der Waals surface area contributed by atoms with Gasteiger partial charge in [0.1, 0.15) is 11.6 Å². The predicted octanol–water partition coefficient (Wildman–Crippen LogP) is 3.29. The lowest BCUT2D eigenvalue weighted by Gasteiger charge is -2.32. The monoisotopic (exact) mass is 374 g/mol. The van der Waals surface area contributed by atoms with Crippen molar-refractivity contribution in [3.05, 3.63) is 42.6 Å². The van der Waals surface area contributed by atoms with Crippen molar-refractivity contribution in [2.45, 2.75) is 31.7 Å². The Morgan fingerprint density at radius 3 is 2.74 bits per heavy atom. The summed E-state index contributed by atoms with van der Waals surface area (Å²) in [4.78, 5) is 14.5. The second kappa shape index (κ2) is 10.1. The number of benzene rings is 1. The first-order valence-electron chi connectivity index (χ1n) is 9.56. The van der Waals surface area contributed by atoms with Gasteiger partial charge in [-0.15, -0.1) is 0 Å². The number of nitrogens with zero attached hydrogens (tertiary/aromatic N) is 3. The van der Waals surface area contributed by atoms with Gasteiger partial charge in [0, 0.05) is 25.7 Å². The molecule has 1 aromatic carbocycles. The fourth-order valence-corrected chi connectivity index (χ4v) is 3.36. The fraction of sp³-hybridized carbons (Fsp3) is 0.500. The number of carbonyl (C=O) groups excluding carboxylic acids is 1. The quantitative estimate of drug-likeness (QED) is 0.732. The Balaban J connectivity index is 1.45. The maximum absolute atomic E-state index is 12.3. The third-order valence-electron chi connectivity index (χ3n) is 4.79. The zero-order chi connectivity index (χ0) is 18.9. The van der Waals surface area contributed by atoms with Gasteiger partial charge in [0.25, 0.3) is 0 Å². The average Bonchev–Trinajstić information content (AvgIpc) is 3.15. The molecule has 1 aliphatic heterocycles. The van der Waals surface area contributed by atoms with Crippen LogP contribution in [0.15, 0.2) is 42.6 Å². The van der Waals surface area contributed by atoms with Gasteiger partial charge in [-0.05, 0) is 31.4 Å². The first-order chi connectivity index (χ1) is 13.3. The molecule has 0 aliphatic carbocycles. The molecule has 27 heavy (non-hydrogen) atoms. The molecule has 2 aromatic rings. The molecular weight excluding hydrogens is 347 g/mol. The molecule has 1 N–H and O–H groups in total. The molecule has 0 spiro atoms. The molecule has 0 saturated carbocycles. The predicted molar refractivity (Wildman–Crippen MR) is 103 cm³/mol. The summed E-state index contributed by atoms with van der Waals surface area (Å²) in [5.41, 5.74) is 0. The van der Waals surface area contributed by atoms with Crippen LogP contribution in [0.1, 0.15) is 31.7 Å². The van der Waals surface area contributed by atoms with Crippen molar-refractivity contribution < 1.29 is 13.9 Å². The minimum absolute atomic E-state index is 0.0898. The maximum atomic E-state index is 12.3. The number of halogens is 1. The first kappa shape index (κ1) is 19.4. The molecule has 1 aliphatic rings. The first-order valence-corrected chi connectivity index (χ1v) is 9.56. The molecule has 1 aromatic heterocycles. The summed E-state index contributed by atoms with van der Waals surface area (Å²) in [6.07, 6.45) is 4.49. The molecule has 3 rings (SSSR count). The lowest BCUT2D eigenvalue weighted by Crippen LogP contribution is -2.36. The Hall–Kier alpha value is -2.41. The van der Waals surface area contributed by atoms with Crippen molar-refractivity contribution in [1.29, 1.82) is 0 Å². The number of amides is 1. The zero-order valence-electron chi connectivity index (χ0n) is 15.5. The van der Waals surface area contributed by atoms with E-state index in [1.165, 1.54) is 0 Å². The van der Waals surface area contributed by atoms with Crippen molar-refractivity contribution in [3.63, 3.8) is 0 Å². The number of piperidine rings is 1. The van der Waals surface area contributed by atoms with Crippen molar-refractivity contribution in [1.82, 2.24) is 14.7 Å². The van der Waals surface area contributed by atoms with Gasteiger partial charge in [-0.3, -0.25) is 9.18 Å². The second-order valence-corrected chi connectivity index (χ2v) is 6.74. The van der Waals surface area contributed by atoms with Gasteiger partial charge in [-0.1, -0.05) is 18.2 Å². The average molecular weight is 374 g/mol. The largest absolute Gasteiger partial charge is 0.493 e. The highest BCUT2D eigenvalue weighted by molar-refractivity contribution is 5.89. The molecule has 7 heteroatoms. The van der Waals surface area contributed by atoms with Crippen LogP contribution in [0.3, 0.4) is 0 Å². The van der Waals surface area contributed by atoms with E-state index in [1.807, 2.05) is 41.1 Å². The molecule has 1 amide bonds. The van der Waals surface area contributed by atoms with Crippen LogP contribution < -0.4 is 10.1 Å². The van der Waals surface area contributed by atoms with Gasteiger partial charge in [-0.25, -0.2) is 4.68 Å². The van der Waals surface area contributed by atoms with Gasteiger partial charge >= 0.3 is 0 Å². The van der Waals surface area contributed by atoms with Crippen LogP contribution in [0.4, 0.5) is 10.2 Å². The SMILES string of the molecule is O=C(CCOc1ccccc1)Nc1ccnn1C1CCN(CCCF)CC1. The second-order valence-electron chi connectivity index (χ2n) is 6.74. The van der Waals surface area contributed by atoms with Crippen LogP contribution in [0, 0.1) is 0 Å². The minimum atomic E-state index is -0.261. The van der Waals surface area contributed by atoms with Gasteiger partial charge < -0.3 is 15.0 Å². The standard InChI is InChI=1S/C20H27FN4O2/c21-11-4-13-24-14-8-17(9-15-24)25-19(7-12-22-25)23-20(26)10-16-27-18-5-2-1-3-6-18/h1-3,5-7,12,17H,4,8-11,13-16H2,(H,23,26). The van der Waals surface area contributed by atoms with E-state index in [-0.39, 0.29) is 25.0 Å². The van der Waals surface area contributed by atoms with Crippen molar-refractivity contribution in [2.24, 2.45) is 0 Å². The van der Waals surface area contributed by atoms with Crippen LogP contribution in [0.25, 0.3) is 0 Å². The van der Waals surface area contributed by atoms with E-state index in [9.17, 15) is 9.18 Å². The summed E-state index contributed by atoms with van der Waals surface area (Å²) < 4.78 is 19.8. The zero-order valence-corrected chi connectivity index (χ0v) is 15.5. The van der Waals surface area contributed by atoms with E-state index in [0.717, 1.165) is 44.0 Å². The van der Waals surface area contributed by atoms with Gasteiger partial charge in [0.15, 0.2) is 0 Å². The number of aromatic nitrogens is 2. The summed E-state index contributed by atoms with van der Waals surface area (Å²) in [5.74, 6) is 1.39. The number of nitrogens with one attached hydrogen (secondary N) is 1. The van der Waals surface area contributed by atoms with E-state index in [4.69, 9.17) is 4.74 Å². The number of ether oxygens (including phenoxy) is 1. The Labute approximate surface area is 159 Å². The third-order valence-corrected chi connectivity index (χ3v) is 4.79. The summed E-state index contributed by atoms with van der Waals surface area (Å²) >= 11 is 0. The molecule has 0 bridgehead atoms. The van der Waals surface area contributed by atoms with Crippen molar-refractivity contribution >= 4 is 11.7 Å². The molecule has 0 unspecified atom stereocenters. The van der Waals surface area contributed by atoms with Gasteiger partial charge in [0.05, 0.1) is 31.9 Å². The van der Waals surface area contributed by atoms with Crippen LogP contribution in [-0.4, -0.2) is 53.5 Å². The highest BCUT2D eigenvalue weighted by Crippen LogP contribution is 2.25. The third kappa shape index (κ3) is 5.79. The number of carbonyl (C=O) groups is 1. The molecule has 0 radical (unpaired) electrons. The lowest BCUT2D eigenvalue weighted by molar-refractivity contribution is -0.116. The molecule has 2 heterocycles. The van der Waals surface area contributed by atoms with Crippen LogP contribution >= 0.6 is 0 Å². The number of anilines is 1. The van der Waals surface area contributed by atoms with Crippen molar-refractivity contribution in [3.8, 4) is 5.75 Å². The highest BCUT2D eigenvalue weighted by Gasteiger charge is 2.22. The van der Waals surface area contributed by atoms with E-state index < -0.39 is 0 Å². The Morgan fingerprint density at radius 1 is 1.22 bits per heavy atom. The van der Waals surface area contributed by atoms with Crippen LogP contribution in [0.2, 0.25) is 0 Å².